The highest BCUT2D eigenvalue weighted by Crippen LogP contribution is 2.62. The Bertz CT molecular complexity index is 1270. The number of hydrogen-bond acceptors (Lipinski definition) is 5. The van der Waals surface area contributed by atoms with Crippen LogP contribution in [0.1, 0.15) is 76.0 Å². The zero-order valence-corrected chi connectivity index (χ0v) is 25.3. The second-order valence-electron chi connectivity index (χ2n) is 13.7. The van der Waals surface area contributed by atoms with Gasteiger partial charge in [-0.15, -0.1) is 0 Å². The van der Waals surface area contributed by atoms with E-state index in [-0.39, 0.29) is 10.5 Å². The molecule has 0 radical (unpaired) electrons. The molecule has 4 bridgehead atoms. The number of carbonyl (C=O) groups excluding carboxylic acids is 1. The number of oxime groups is 1. The lowest BCUT2D eigenvalue weighted by molar-refractivity contribution is -0.134. The fourth-order valence-electron chi connectivity index (χ4n) is 7.42. The van der Waals surface area contributed by atoms with Crippen molar-refractivity contribution in [3.8, 4) is 16.9 Å². The largest absolute Gasteiger partial charge is 0.543 e. The van der Waals surface area contributed by atoms with E-state index in [2.05, 4.69) is 57.2 Å². The standard InChI is InChI=1S/C33H43NO4Si/c1-32(2,3)39(5,6)38-30-11-9-26(17-29(30)33-18-23-13-24(19-33)15-25(14-23)20-33)28-10-7-22(8-12-31(35)37-4)16-27(28)21-34-36/h7-12,16-17,21,23-25,36H,13-15,18-20H2,1-6H3. The van der Waals surface area contributed by atoms with Gasteiger partial charge in [0, 0.05) is 11.6 Å². The van der Waals surface area contributed by atoms with Crippen LogP contribution in [-0.4, -0.2) is 32.8 Å². The molecular formula is C33H43NO4Si. The third-order valence-corrected chi connectivity index (χ3v) is 14.3. The van der Waals surface area contributed by atoms with Crippen molar-refractivity contribution in [1.82, 2.24) is 0 Å². The smallest absolute Gasteiger partial charge is 0.330 e. The number of nitrogens with zero attached hydrogens (tertiary/aromatic N) is 1. The molecule has 5 nitrogen and oxygen atoms in total. The molecule has 4 aliphatic carbocycles. The summed E-state index contributed by atoms with van der Waals surface area (Å²) in [6, 6.07) is 12.7. The third kappa shape index (κ3) is 5.45. The molecule has 2 aromatic rings. The van der Waals surface area contributed by atoms with Crippen LogP contribution in [0.4, 0.5) is 0 Å². The van der Waals surface area contributed by atoms with Crippen LogP contribution in [0.2, 0.25) is 18.1 Å². The van der Waals surface area contributed by atoms with Gasteiger partial charge in [-0.05, 0) is 126 Å². The number of rotatable bonds is 7. The van der Waals surface area contributed by atoms with Crippen LogP contribution < -0.4 is 4.43 Å². The average Bonchev–Trinajstić information content (AvgIpc) is 2.86. The van der Waals surface area contributed by atoms with Gasteiger partial charge in [0.2, 0.25) is 8.32 Å². The van der Waals surface area contributed by atoms with Crippen LogP contribution in [0, 0.1) is 17.8 Å². The maximum Gasteiger partial charge on any atom is 0.330 e. The molecular weight excluding hydrogens is 502 g/mol. The van der Waals surface area contributed by atoms with E-state index < -0.39 is 14.3 Å². The van der Waals surface area contributed by atoms with Gasteiger partial charge in [-0.3, -0.25) is 0 Å². The molecule has 0 aliphatic heterocycles. The van der Waals surface area contributed by atoms with Gasteiger partial charge >= 0.3 is 5.97 Å². The highest BCUT2D eigenvalue weighted by molar-refractivity contribution is 6.74. The number of esters is 1. The van der Waals surface area contributed by atoms with Crippen LogP contribution in [0.15, 0.2) is 47.6 Å². The van der Waals surface area contributed by atoms with E-state index in [0.29, 0.717) is 0 Å². The molecule has 6 heteroatoms. The summed E-state index contributed by atoms with van der Waals surface area (Å²) in [5, 5.41) is 12.9. The zero-order chi connectivity index (χ0) is 28.0. The molecule has 6 rings (SSSR count). The van der Waals surface area contributed by atoms with E-state index in [9.17, 15) is 10.0 Å². The lowest BCUT2D eigenvalue weighted by Crippen LogP contribution is -2.49. The SMILES string of the molecule is COC(=O)C=Cc1ccc(-c2ccc(O[Si](C)(C)C(C)(C)C)c(C34CC5CC(CC(C5)C3)C4)c2)c(C=NO)c1. The van der Waals surface area contributed by atoms with Gasteiger partial charge in [0.25, 0.3) is 0 Å². The molecule has 0 aromatic heterocycles. The van der Waals surface area contributed by atoms with E-state index in [1.807, 2.05) is 18.2 Å². The molecule has 0 unspecified atom stereocenters. The van der Waals surface area contributed by atoms with Gasteiger partial charge in [0.05, 0.1) is 13.3 Å². The lowest BCUT2D eigenvalue weighted by Gasteiger charge is -2.57. The molecule has 4 saturated carbocycles. The predicted octanol–water partition coefficient (Wildman–Crippen LogP) is 8.20. The molecule has 208 valence electrons. The Kier molecular flexibility index (Phi) is 7.29. The Morgan fingerprint density at radius 1 is 1.03 bits per heavy atom. The Labute approximate surface area is 234 Å². The van der Waals surface area contributed by atoms with Crippen molar-refractivity contribution in [2.24, 2.45) is 22.9 Å². The quantitative estimate of drug-likeness (QED) is 0.0951. The highest BCUT2D eigenvalue weighted by atomic mass is 28.4. The molecule has 0 saturated heterocycles. The van der Waals surface area contributed by atoms with Gasteiger partial charge in [0.15, 0.2) is 0 Å². The molecule has 4 aliphatic rings. The van der Waals surface area contributed by atoms with Gasteiger partial charge in [0.1, 0.15) is 5.75 Å². The first-order valence-corrected chi connectivity index (χ1v) is 17.3. The average molecular weight is 546 g/mol. The zero-order valence-electron chi connectivity index (χ0n) is 24.3. The monoisotopic (exact) mass is 545 g/mol. The molecule has 0 atom stereocenters. The first-order chi connectivity index (χ1) is 18.4. The predicted molar refractivity (Wildman–Crippen MR) is 160 cm³/mol. The number of ether oxygens (including phenoxy) is 1. The Hall–Kier alpha value is -2.86. The van der Waals surface area contributed by atoms with E-state index >= 15 is 0 Å². The number of hydrogen-bond donors (Lipinski definition) is 1. The van der Waals surface area contributed by atoms with E-state index in [1.165, 1.54) is 63.5 Å². The summed E-state index contributed by atoms with van der Waals surface area (Å²) in [4.78, 5) is 11.6. The summed E-state index contributed by atoms with van der Waals surface area (Å²) in [5.74, 6) is 3.16. The van der Waals surface area contributed by atoms with Crippen LogP contribution in [0.5, 0.6) is 5.75 Å². The van der Waals surface area contributed by atoms with Crippen molar-refractivity contribution in [2.75, 3.05) is 7.11 Å². The minimum Gasteiger partial charge on any atom is -0.543 e. The third-order valence-electron chi connectivity index (χ3n) is 9.96. The molecule has 0 spiro atoms. The van der Waals surface area contributed by atoms with Gasteiger partial charge in [-0.1, -0.05) is 44.1 Å². The van der Waals surface area contributed by atoms with Crippen molar-refractivity contribution >= 4 is 26.6 Å². The highest BCUT2D eigenvalue weighted by Gasteiger charge is 2.53. The first kappa shape index (κ1) is 27.7. The summed E-state index contributed by atoms with van der Waals surface area (Å²) in [7, 11) is -0.680. The summed E-state index contributed by atoms with van der Waals surface area (Å²) in [6.45, 7) is 11.6. The maximum atomic E-state index is 11.6. The van der Waals surface area contributed by atoms with Crippen LogP contribution in [-0.2, 0) is 14.9 Å². The van der Waals surface area contributed by atoms with E-state index in [1.54, 1.807) is 6.08 Å². The Morgan fingerprint density at radius 3 is 2.23 bits per heavy atom. The summed E-state index contributed by atoms with van der Waals surface area (Å²) < 4.78 is 11.8. The molecule has 1 N–H and O–H groups in total. The normalized spacial score (nSPS) is 26.5. The molecule has 39 heavy (non-hydrogen) atoms. The van der Waals surface area contributed by atoms with Crippen molar-refractivity contribution < 1.29 is 19.2 Å². The van der Waals surface area contributed by atoms with Gasteiger partial charge < -0.3 is 14.4 Å². The minimum atomic E-state index is -2.04. The first-order valence-electron chi connectivity index (χ1n) is 14.3. The van der Waals surface area contributed by atoms with E-state index in [0.717, 1.165) is 45.8 Å². The topological polar surface area (TPSA) is 68.1 Å². The number of carbonyl (C=O) groups is 1. The van der Waals surface area contributed by atoms with Gasteiger partial charge in [-0.2, -0.15) is 0 Å². The second kappa shape index (κ2) is 10.3. The Morgan fingerprint density at radius 2 is 1.67 bits per heavy atom. The minimum absolute atomic E-state index is 0.114. The van der Waals surface area contributed by atoms with Crippen LogP contribution in [0.25, 0.3) is 17.2 Å². The number of methoxy groups -OCH3 is 1. The molecule has 0 heterocycles. The lowest BCUT2D eigenvalue weighted by atomic mass is 9.48. The molecule has 0 amide bonds. The van der Waals surface area contributed by atoms with Crippen molar-refractivity contribution in [1.29, 1.82) is 0 Å². The fraction of sp³-hybridized carbons (Fsp3) is 0.515. The second-order valence-corrected chi connectivity index (χ2v) is 18.4. The fourth-order valence-corrected chi connectivity index (χ4v) is 8.45. The van der Waals surface area contributed by atoms with Crippen LogP contribution in [0.3, 0.4) is 0 Å². The van der Waals surface area contributed by atoms with Gasteiger partial charge in [-0.25, -0.2) is 4.79 Å². The van der Waals surface area contributed by atoms with Crippen LogP contribution >= 0.6 is 0 Å². The maximum absolute atomic E-state index is 11.6. The van der Waals surface area contributed by atoms with Crippen molar-refractivity contribution in [2.45, 2.75) is 82.8 Å². The summed E-state index contributed by atoms with van der Waals surface area (Å²) in [6.07, 6.45) is 12.6. The number of benzene rings is 2. The van der Waals surface area contributed by atoms with Crippen molar-refractivity contribution in [3.63, 3.8) is 0 Å². The Balaban J connectivity index is 1.60. The summed E-state index contributed by atoms with van der Waals surface area (Å²) >= 11 is 0. The molecule has 4 fully saturated rings. The summed E-state index contributed by atoms with van der Waals surface area (Å²) in [5.41, 5.74) is 5.27. The van der Waals surface area contributed by atoms with E-state index in [4.69, 9.17) is 9.16 Å². The van der Waals surface area contributed by atoms with Crippen molar-refractivity contribution in [3.05, 3.63) is 59.2 Å². The molecule has 2 aromatic carbocycles.